The molecular weight excluding hydrogens is 518 g/mol. The monoisotopic (exact) mass is 553 g/mol. The minimum absolute atomic E-state index is 0. The average molecular weight is 554 g/mol. The molecule has 0 aliphatic carbocycles. The minimum atomic E-state index is 0. The topological polar surface area (TPSA) is 164 Å². The van der Waals surface area contributed by atoms with Crippen LogP contribution in [0.5, 0.6) is 11.5 Å². The van der Waals surface area contributed by atoms with E-state index in [9.17, 15) is 0 Å². The maximum Gasteiger partial charge on any atom is 0.134 e. The largest absolute Gasteiger partial charge is 0.497 e. The van der Waals surface area contributed by atoms with Crippen molar-refractivity contribution in [2.75, 3.05) is 33.2 Å². The van der Waals surface area contributed by atoms with Crippen LogP contribution in [0.4, 0.5) is 11.5 Å². The number of imidazole rings is 1. The summed E-state index contributed by atoms with van der Waals surface area (Å²) in [6.45, 7) is 0.485. The van der Waals surface area contributed by atoms with Crippen LogP contribution in [0.2, 0.25) is 0 Å². The Kier molecular flexibility index (Phi) is 13.4. The summed E-state index contributed by atoms with van der Waals surface area (Å²) in [5.74, 6) is 2.94. The van der Waals surface area contributed by atoms with Crippen LogP contribution in [0.1, 0.15) is 5.82 Å². The third-order valence-electron chi connectivity index (χ3n) is 5.32. The van der Waals surface area contributed by atoms with E-state index in [1.54, 1.807) is 39.0 Å². The van der Waals surface area contributed by atoms with Gasteiger partial charge in [-0.1, -0.05) is 0 Å². The standard InChI is InChI=1S/C25H22N6O2.C2H7N.2H2O.H2S/c1-32-20-12-19(13-21(14-20)33-2)31(16-24-27-9-10-28-24)25-4-3-22-23(30-25)11-18(15-29-22)17-5-7-26-8-6-17;1-3-2;;;/h3-15H,16H2,1-2H3,(H,27,28);3H,1-2H3;3*1H2. The number of H-pyrrole nitrogens is 1. The SMILES string of the molecule is CNC.COc1cc(OC)cc(N(Cc2ncc[nH]2)c2ccc3ncc(-c4ccncc4)cc3n2)c1.O.O.S. The molecule has 0 saturated heterocycles. The lowest BCUT2D eigenvalue weighted by atomic mass is 10.1. The van der Waals surface area contributed by atoms with Gasteiger partial charge in [0.25, 0.3) is 0 Å². The number of benzene rings is 1. The average Bonchev–Trinajstić information content (AvgIpc) is 3.45. The second kappa shape index (κ2) is 15.9. The van der Waals surface area contributed by atoms with Gasteiger partial charge in [0.05, 0.1) is 37.5 Å². The summed E-state index contributed by atoms with van der Waals surface area (Å²) < 4.78 is 11.0. The molecule has 5 aromatic rings. The smallest absolute Gasteiger partial charge is 0.134 e. The highest BCUT2D eigenvalue weighted by Gasteiger charge is 2.16. The van der Waals surface area contributed by atoms with E-state index in [4.69, 9.17) is 14.5 Å². The molecule has 0 fully saturated rings. The van der Waals surface area contributed by atoms with E-state index < -0.39 is 0 Å². The van der Waals surface area contributed by atoms with Crippen molar-refractivity contribution in [3.05, 3.63) is 85.3 Å². The van der Waals surface area contributed by atoms with Crippen LogP contribution in [0.15, 0.2) is 79.5 Å². The first-order valence-corrected chi connectivity index (χ1v) is 11.4. The molecule has 39 heavy (non-hydrogen) atoms. The molecule has 0 aliphatic heterocycles. The van der Waals surface area contributed by atoms with Crippen molar-refractivity contribution in [3.63, 3.8) is 0 Å². The molecule has 6 N–H and O–H groups in total. The predicted octanol–water partition coefficient (Wildman–Crippen LogP) is 3.07. The Bertz CT molecular complexity index is 1380. The number of pyridine rings is 3. The molecule has 0 radical (unpaired) electrons. The summed E-state index contributed by atoms with van der Waals surface area (Å²) in [4.78, 5) is 23.3. The number of rotatable bonds is 7. The zero-order chi connectivity index (χ0) is 25.3. The Morgan fingerprint density at radius 1 is 0.821 bits per heavy atom. The van der Waals surface area contributed by atoms with Crippen molar-refractivity contribution in [1.29, 1.82) is 0 Å². The number of ether oxygens (including phenoxy) is 2. The van der Waals surface area contributed by atoms with Gasteiger partial charge in [0.2, 0.25) is 0 Å². The molecule has 11 nitrogen and oxygen atoms in total. The van der Waals surface area contributed by atoms with Gasteiger partial charge < -0.3 is 35.6 Å². The first kappa shape index (κ1) is 32.8. The van der Waals surface area contributed by atoms with E-state index in [2.05, 4.69) is 30.2 Å². The van der Waals surface area contributed by atoms with Gasteiger partial charge in [-0.3, -0.25) is 9.97 Å². The second-order valence-corrected chi connectivity index (χ2v) is 7.86. The van der Waals surface area contributed by atoms with Crippen molar-refractivity contribution in [3.8, 4) is 22.6 Å². The van der Waals surface area contributed by atoms with Crippen molar-refractivity contribution >= 4 is 36.0 Å². The highest BCUT2D eigenvalue weighted by atomic mass is 32.1. The lowest BCUT2D eigenvalue weighted by molar-refractivity contribution is 0.394. The number of anilines is 2. The van der Waals surface area contributed by atoms with Crippen LogP contribution >= 0.6 is 13.5 Å². The van der Waals surface area contributed by atoms with E-state index in [0.717, 1.165) is 39.5 Å². The molecule has 4 aromatic heterocycles. The summed E-state index contributed by atoms with van der Waals surface area (Å²) >= 11 is 0. The number of nitrogens with one attached hydrogen (secondary N) is 2. The first-order chi connectivity index (χ1) is 17.6. The van der Waals surface area contributed by atoms with Gasteiger partial charge in [0.15, 0.2) is 0 Å². The lowest BCUT2D eigenvalue weighted by Crippen LogP contribution is -2.19. The third-order valence-corrected chi connectivity index (χ3v) is 5.32. The van der Waals surface area contributed by atoms with Crippen molar-refractivity contribution in [2.24, 2.45) is 0 Å². The number of nitrogens with zero attached hydrogens (tertiary/aromatic N) is 5. The van der Waals surface area contributed by atoms with Crippen LogP contribution in [0, 0.1) is 0 Å². The minimum Gasteiger partial charge on any atom is -0.497 e. The fourth-order valence-corrected chi connectivity index (χ4v) is 3.64. The third kappa shape index (κ3) is 8.12. The molecule has 0 atom stereocenters. The van der Waals surface area contributed by atoms with Crippen LogP contribution < -0.4 is 19.7 Å². The maximum atomic E-state index is 5.49. The zero-order valence-corrected chi connectivity index (χ0v) is 23.3. The first-order valence-electron chi connectivity index (χ1n) is 11.4. The molecule has 0 spiro atoms. The molecule has 0 saturated carbocycles. The van der Waals surface area contributed by atoms with Gasteiger partial charge in [-0.05, 0) is 50.0 Å². The molecule has 0 bridgehead atoms. The van der Waals surface area contributed by atoms with Crippen LogP contribution in [-0.2, 0) is 6.54 Å². The summed E-state index contributed by atoms with van der Waals surface area (Å²) in [7, 11) is 7.02. The van der Waals surface area contributed by atoms with Crippen LogP contribution in [0.3, 0.4) is 0 Å². The van der Waals surface area contributed by atoms with Gasteiger partial charge >= 0.3 is 0 Å². The van der Waals surface area contributed by atoms with Crippen LogP contribution in [-0.4, -0.2) is 64.2 Å². The van der Waals surface area contributed by atoms with E-state index in [1.807, 2.05) is 68.8 Å². The summed E-state index contributed by atoms with van der Waals surface area (Å²) in [5.41, 5.74) is 4.50. The Labute approximate surface area is 234 Å². The van der Waals surface area contributed by atoms with Crippen molar-refractivity contribution in [2.45, 2.75) is 6.54 Å². The maximum absolute atomic E-state index is 5.49. The molecule has 12 heteroatoms. The fraction of sp³-hybridized carbons (Fsp3) is 0.185. The Morgan fingerprint density at radius 2 is 1.49 bits per heavy atom. The lowest BCUT2D eigenvalue weighted by Gasteiger charge is -2.24. The van der Waals surface area contributed by atoms with E-state index in [0.29, 0.717) is 18.0 Å². The summed E-state index contributed by atoms with van der Waals surface area (Å²) in [5, 5.41) is 2.75. The van der Waals surface area contributed by atoms with E-state index in [1.165, 1.54) is 0 Å². The number of aromatic amines is 1. The number of hydrogen-bond acceptors (Lipinski definition) is 8. The zero-order valence-electron chi connectivity index (χ0n) is 22.3. The quantitative estimate of drug-likeness (QED) is 0.310. The van der Waals surface area contributed by atoms with Gasteiger partial charge in [-0.2, -0.15) is 13.5 Å². The molecule has 5 rings (SSSR count). The molecule has 1 aromatic carbocycles. The van der Waals surface area contributed by atoms with Gasteiger partial charge in [0.1, 0.15) is 23.1 Å². The van der Waals surface area contributed by atoms with Gasteiger partial charge in [-0.15, -0.1) is 0 Å². The number of hydrogen-bond donors (Lipinski definition) is 2. The fourth-order valence-electron chi connectivity index (χ4n) is 3.64. The number of fused-ring (bicyclic) bond motifs is 1. The van der Waals surface area contributed by atoms with Crippen LogP contribution in [0.25, 0.3) is 22.2 Å². The number of methoxy groups -OCH3 is 2. The molecule has 0 amide bonds. The highest BCUT2D eigenvalue weighted by Crippen LogP contribution is 2.34. The molecular formula is C27H35N7O4S. The highest BCUT2D eigenvalue weighted by molar-refractivity contribution is 7.59. The second-order valence-electron chi connectivity index (χ2n) is 7.86. The van der Waals surface area contributed by atoms with Crippen molar-refractivity contribution in [1.82, 2.24) is 30.2 Å². The predicted molar refractivity (Wildman–Crippen MR) is 159 cm³/mol. The van der Waals surface area contributed by atoms with E-state index >= 15 is 0 Å². The van der Waals surface area contributed by atoms with E-state index in [-0.39, 0.29) is 24.4 Å². The molecule has 0 aliphatic rings. The van der Waals surface area contributed by atoms with Gasteiger partial charge in [-0.25, -0.2) is 9.97 Å². The summed E-state index contributed by atoms with van der Waals surface area (Å²) in [6, 6.07) is 15.6. The Balaban J connectivity index is 0.00000121. The normalized spacial score (nSPS) is 9.64. The Morgan fingerprint density at radius 3 is 2.08 bits per heavy atom. The molecule has 208 valence electrons. The summed E-state index contributed by atoms with van der Waals surface area (Å²) in [6.07, 6.45) is 8.93. The number of aromatic nitrogens is 5. The van der Waals surface area contributed by atoms with Gasteiger partial charge in [0, 0.05) is 54.7 Å². The molecule has 0 unspecified atom stereocenters. The Hall–Kier alpha value is -4.23. The molecule has 4 heterocycles. The van der Waals surface area contributed by atoms with Crippen molar-refractivity contribution < 1.29 is 20.4 Å².